The van der Waals surface area contributed by atoms with Crippen LogP contribution < -0.4 is 5.32 Å². The normalized spacial score (nSPS) is 11.0. The average molecular weight is 375 g/mol. The first kappa shape index (κ1) is 19.7. The summed E-state index contributed by atoms with van der Waals surface area (Å²) in [5, 5.41) is 2.58. The Kier molecular flexibility index (Phi) is 6.52. The monoisotopic (exact) mass is 375 g/mol. The summed E-state index contributed by atoms with van der Waals surface area (Å²) in [5.41, 5.74) is 2.22. The van der Waals surface area contributed by atoms with E-state index in [1.807, 2.05) is 13.0 Å². The van der Waals surface area contributed by atoms with Gasteiger partial charge in [-0.05, 0) is 49.2 Å². The Morgan fingerprint density at radius 1 is 1.08 bits per heavy atom. The molecule has 0 saturated heterocycles. The number of hydrogen-bond acceptors (Lipinski definition) is 5. The number of sulfone groups is 1. The largest absolute Gasteiger partial charge is 0.462 e. The second-order valence-electron chi connectivity index (χ2n) is 5.87. The lowest BCUT2D eigenvalue weighted by molar-refractivity contribution is -0.113. The van der Waals surface area contributed by atoms with Crippen LogP contribution in [0.1, 0.15) is 28.4 Å². The van der Waals surface area contributed by atoms with Gasteiger partial charge in [0, 0.05) is 5.69 Å². The third-order valence-corrected chi connectivity index (χ3v) is 4.95. The maximum atomic E-state index is 12.3. The lowest BCUT2D eigenvalue weighted by Gasteiger charge is -2.08. The molecule has 2 aromatic rings. The fraction of sp³-hybridized carbons (Fsp3) is 0.263. The van der Waals surface area contributed by atoms with Crippen LogP contribution in [0.4, 0.5) is 5.69 Å². The molecule has 1 amide bonds. The van der Waals surface area contributed by atoms with Crippen LogP contribution in [-0.2, 0) is 25.1 Å². The minimum atomic E-state index is -3.68. The maximum absolute atomic E-state index is 12.3. The maximum Gasteiger partial charge on any atom is 0.338 e. The lowest BCUT2D eigenvalue weighted by atomic mass is 10.1. The van der Waals surface area contributed by atoms with Crippen LogP contribution in [0.25, 0.3) is 0 Å². The van der Waals surface area contributed by atoms with Gasteiger partial charge in [-0.3, -0.25) is 4.79 Å². The highest BCUT2D eigenvalue weighted by Gasteiger charge is 2.18. The van der Waals surface area contributed by atoms with E-state index in [1.165, 1.54) is 6.07 Å². The van der Waals surface area contributed by atoms with Gasteiger partial charge in [-0.25, -0.2) is 13.2 Å². The van der Waals surface area contributed by atoms with Gasteiger partial charge in [0.25, 0.3) is 0 Å². The topological polar surface area (TPSA) is 89.5 Å². The first-order valence-electron chi connectivity index (χ1n) is 8.12. The quantitative estimate of drug-likeness (QED) is 0.752. The number of aryl methyl sites for hydroxylation is 1. The van der Waals surface area contributed by atoms with Gasteiger partial charge < -0.3 is 10.1 Å². The molecule has 0 heterocycles. The first-order chi connectivity index (χ1) is 12.3. The van der Waals surface area contributed by atoms with Gasteiger partial charge in [-0.1, -0.05) is 24.3 Å². The third kappa shape index (κ3) is 6.00. The molecule has 0 radical (unpaired) electrons. The number of rotatable bonds is 7. The van der Waals surface area contributed by atoms with Gasteiger partial charge in [0.15, 0.2) is 9.84 Å². The summed E-state index contributed by atoms with van der Waals surface area (Å²) in [6, 6.07) is 13.3. The zero-order valence-corrected chi connectivity index (χ0v) is 15.5. The Balaban J connectivity index is 2.03. The zero-order valence-electron chi connectivity index (χ0n) is 14.7. The molecular formula is C19H21NO5S. The molecule has 0 bridgehead atoms. The van der Waals surface area contributed by atoms with Crippen molar-refractivity contribution in [1.29, 1.82) is 0 Å². The first-order valence-corrected chi connectivity index (χ1v) is 9.94. The predicted octanol–water partition coefficient (Wildman–Crippen LogP) is 2.73. The van der Waals surface area contributed by atoms with Crippen molar-refractivity contribution in [3.8, 4) is 0 Å². The molecule has 7 heteroatoms. The van der Waals surface area contributed by atoms with E-state index in [1.54, 1.807) is 43.3 Å². The summed E-state index contributed by atoms with van der Waals surface area (Å²) in [4.78, 5) is 23.8. The molecule has 138 valence electrons. The number of hydrogen-bond donors (Lipinski definition) is 1. The Labute approximate surface area is 153 Å². The molecule has 0 unspecified atom stereocenters. The Morgan fingerprint density at radius 3 is 2.50 bits per heavy atom. The molecule has 26 heavy (non-hydrogen) atoms. The second kappa shape index (κ2) is 8.62. The van der Waals surface area contributed by atoms with E-state index in [0.717, 1.165) is 5.56 Å². The van der Waals surface area contributed by atoms with E-state index >= 15 is 0 Å². The summed E-state index contributed by atoms with van der Waals surface area (Å²) in [6.45, 7) is 3.81. The highest BCUT2D eigenvalue weighted by atomic mass is 32.2. The summed E-state index contributed by atoms with van der Waals surface area (Å²) in [7, 11) is -3.68. The number of nitrogens with one attached hydrogen (secondary N) is 1. The van der Waals surface area contributed by atoms with Crippen LogP contribution in [-0.4, -0.2) is 32.7 Å². The van der Waals surface area contributed by atoms with Crippen LogP contribution in [0, 0.1) is 6.92 Å². The number of esters is 1. The molecule has 6 nitrogen and oxygen atoms in total. The Bertz CT molecular complexity index is 906. The van der Waals surface area contributed by atoms with Gasteiger partial charge in [0.1, 0.15) is 5.75 Å². The highest BCUT2D eigenvalue weighted by molar-refractivity contribution is 7.91. The van der Waals surface area contributed by atoms with Crippen molar-refractivity contribution in [3.05, 3.63) is 65.2 Å². The molecule has 0 aromatic heterocycles. The van der Waals surface area contributed by atoms with Crippen molar-refractivity contribution in [2.24, 2.45) is 0 Å². The third-order valence-electron chi connectivity index (χ3n) is 3.48. The molecular weight excluding hydrogens is 354 g/mol. The summed E-state index contributed by atoms with van der Waals surface area (Å²) >= 11 is 0. The molecule has 0 aliphatic carbocycles. The molecule has 0 spiro atoms. The van der Waals surface area contributed by atoms with Crippen LogP contribution in [0.5, 0.6) is 0 Å². The van der Waals surface area contributed by atoms with Crippen LogP contribution >= 0.6 is 0 Å². The van der Waals surface area contributed by atoms with Crippen molar-refractivity contribution in [1.82, 2.24) is 0 Å². The van der Waals surface area contributed by atoms with E-state index < -0.39 is 27.5 Å². The number of benzene rings is 2. The number of carbonyl (C=O) groups excluding carboxylic acids is 2. The fourth-order valence-electron chi connectivity index (χ4n) is 2.43. The molecule has 0 aliphatic heterocycles. The van der Waals surface area contributed by atoms with E-state index in [-0.39, 0.29) is 17.9 Å². The number of anilines is 1. The minimum Gasteiger partial charge on any atom is -0.462 e. The Hall–Kier alpha value is -2.67. The average Bonchev–Trinajstić information content (AvgIpc) is 2.54. The summed E-state index contributed by atoms with van der Waals surface area (Å²) < 4.78 is 29.5. The molecule has 0 fully saturated rings. The number of carbonyl (C=O) groups is 2. The number of ether oxygens (including phenoxy) is 1. The second-order valence-corrected chi connectivity index (χ2v) is 7.94. The SMILES string of the molecule is CCOC(=O)c1cccc(CS(=O)(=O)CC(=O)Nc2cccc(C)c2)c1. The summed E-state index contributed by atoms with van der Waals surface area (Å²) in [5.74, 6) is -2.08. The van der Waals surface area contributed by atoms with E-state index in [2.05, 4.69) is 5.32 Å². The van der Waals surface area contributed by atoms with Gasteiger partial charge in [-0.15, -0.1) is 0 Å². The van der Waals surface area contributed by atoms with Gasteiger partial charge in [-0.2, -0.15) is 0 Å². The number of amides is 1. The van der Waals surface area contributed by atoms with Crippen molar-refractivity contribution in [3.63, 3.8) is 0 Å². The predicted molar refractivity (Wildman–Crippen MR) is 99.7 cm³/mol. The van der Waals surface area contributed by atoms with Crippen molar-refractivity contribution >= 4 is 27.4 Å². The van der Waals surface area contributed by atoms with Gasteiger partial charge in [0.2, 0.25) is 5.91 Å². The molecule has 0 aliphatic rings. The van der Waals surface area contributed by atoms with Gasteiger partial charge >= 0.3 is 5.97 Å². The fourth-order valence-corrected chi connectivity index (χ4v) is 3.69. The van der Waals surface area contributed by atoms with Crippen molar-refractivity contribution in [2.75, 3.05) is 17.7 Å². The van der Waals surface area contributed by atoms with E-state index in [9.17, 15) is 18.0 Å². The molecule has 0 saturated carbocycles. The molecule has 1 N–H and O–H groups in total. The Morgan fingerprint density at radius 2 is 1.81 bits per heavy atom. The molecule has 0 atom stereocenters. The highest BCUT2D eigenvalue weighted by Crippen LogP contribution is 2.13. The minimum absolute atomic E-state index is 0.237. The molecule has 2 aromatic carbocycles. The smallest absolute Gasteiger partial charge is 0.338 e. The van der Waals surface area contributed by atoms with Crippen molar-refractivity contribution < 1.29 is 22.7 Å². The standard InChI is InChI=1S/C19H21NO5S/c1-3-25-19(22)16-8-5-7-15(11-16)12-26(23,24)13-18(21)20-17-9-4-6-14(2)10-17/h4-11H,3,12-13H2,1-2H3,(H,20,21). The van der Waals surface area contributed by atoms with Crippen LogP contribution in [0.3, 0.4) is 0 Å². The van der Waals surface area contributed by atoms with E-state index in [0.29, 0.717) is 11.3 Å². The zero-order chi connectivity index (χ0) is 19.2. The van der Waals surface area contributed by atoms with Gasteiger partial charge in [0.05, 0.1) is 17.9 Å². The van der Waals surface area contributed by atoms with Crippen molar-refractivity contribution in [2.45, 2.75) is 19.6 Å². The lowest BCUT2D eigenvalue weighted by Crippen LogP contribution is -2.24. The van der Waals surface area contributed by atoms with Crippen LogP contribution in [0.15, 0.2) is 48.5 Å². The van der Waals surface area contributed by atoms with Crippen LogP contribution in [0.2, 0.25) is 0 Å². The summed E-state index contributed by atoms with van der Waals surface area (Å²) in [6.07, 6.45) is 0. The van der Waals surface area contributed by atoms with E-state index in [4.69, 9.17) is 4.74 Å². The molecule has 2 rings (SSSR count).